The van der Waals surface area contributed by atoms with Crippen molar-refractivity contribution in [3.63, 3.8) is 0 Å². The number of hydrogen-bond acceptors (Lipinski definition) is 5. The summed E-state index contributed by atoms with van der Waals surface area (Å²) in [6.07, 6.45) is 1.66. The normalized spacial score (nSPS) is 21.3. The van der Waals surface area contributed by atoms with Crippen LogP contribution in [0.2, 0.25) is 0 Å². The smallest absolute Gasteiger partial charge is 0.335 e. The van der Waals surface area contributed by atoms with Crippen molar-refractivity contribution in [1.29, 1.82) is 0 Å². The Hall–Kier alpha value is -1.48. The molecular formula is C17H24N2O5S. The molecule has 1 aromatic rings. The Balaban J connectivity index is 1.61. The van der Waals surface area contributed by atoms with Crippen LogP contribution in [0.15, 0.2) is 29.2 Å². The van der Waals surface area contributed by atoms with Crippen LogP contribution in [0.1, 0.15) is 23.2 Å². The lowest BCUT2D eigenvalue weighted by Gasteiger charge is -2.35. The van der Waals surface area contributed by atoms with E-state index in [1.807, 2.05) is 0 Å². The quantitative estimate of drug-likeness (QED) is 0.838. The highest BCUT2D eigenvalue weighted by molar-refractivity contribution is 7.89. The Kier molecular flexibility index (Phi) is 5.73. The van der Waals surface area contributed by atoms with E-state index in [1.54, 1.807) is 0 Å². The molecule has 0 amide bonds. The molecule has 1 N–H and O–H groups in total. The fourth-order valence-electron chi connectivity index (χ4n) is 3.42. The van der Waals surface area contributed by atoms with Gasteiger partial charge in [-0.3, -0.25) is 4.90 Å². The maximum absolute atomic E-state index is 12.8. The van der Waals surface area contributed by atoms with E-state index in [2.05, 4.69) is 4.90 Å². The lowest BCUT2D eigenvalue weighted by Crippen LogP contribution is -2.44. The largest absolute Gasteiger partial charge is 0.478 e. The Morgan fingerprint density at radius 1 is 1.16 bits per heavy atom. The summed E-state index contributed by atoms with van der Waals surface area (Å²) in [4.78, 5) is 13.5. The number of morpholine rings is 1. The summed E-state index contributed by atoms with van der Waals surface area (Å²) in [5, 5.41) is 9.05. The van der Waals surface area contributed by atoms with Crippen molar-refractivity contribution in [2.24, 2.45) is 5.92 Å². The number of nitrogens with zero attached hydrogens (tertiary/aromatic N) is 2. The molecule has 0 aromatic heterocycles. The Morgan fingerprint density at radius 2 is 1.84 bits per heavy atom. The average molecular weight is 368 g/mol. The molecule has 7 nitrogen and oxygen atoms in total. The summed E-state index contributed by atoms with van der Waals surface area (Å²) in [5.74, 6) is -0.629. The average Bonchev–Trinajstić information content (AvgIpc) is 2.63. The molecule has 0 saturated carbocycles. The molecule has 1 aromatic carbocycles. The number of ether oxygens (including phenoxy) is 1. The van der Waals surface area contributed by atoms with Gasteiger partial charge in [0.2, 0.25) is 10.0 Å². The molecular weight excluding hydrogens is 344 g/mol. The predicted molar refractivity (Wildman–Crippen MR) is 92.1 cm³/mol. The molecule has 0 radical (unpaired) electrons. The molecule has 138 valence electrons. The van der Waals surface area contributed by atoms with Gasteiger partial charge in [-0.15, -0.1) is 0 Å². The minimum absolute atomic E-state index is 0.0109. The highest BCUT2D eigenvalue weighted by Gasteiger charge is 2.30. The van der Waals surface area contributed by atoms with Crippen molar-refractivity contribution >= 4 is 16.0 Å². The number of carboxylic acids is 1. The first-order valence-electron chi connectivity index (χ1n) is 8.60. The van der Waals surface area contributed by atoms with Crippen molar-refractivity contribution in [2.75, 3.05) is 45.9 Å². The maximum atomic E-state index is 12.8. The molecule has 2 aliphatic heterocycles. The number of hydrogen-bond donors (Lipinski definition) is 1. The second-order valence-corrected chi connectivity index (χ2v) is 8.53. The monoisotopic (exact) mass is 368 g/mol. The Labute approximate surface area is 148 Å². The molecule has 0 bridgehead atoms. The number of rotatable bonds is 5. The van der Waals surface area contributed by atoms with E-state index in [9.17, 15) is 13.2 Å². The molecule has 0 unspecified atom stereocenters. The number of piperidine rings is 1. The minimum Gasteiger partial charge on any atom is -0.478 e. The fourth-order valence-corrected chi connectivity index (χ4v) is 4.94. The molecule has 8 heteroatoms. The third-order valence-corrected chi connectivity index (χ3v) is 6.81. The molecule has 2 aliphatic rings. The second kappa shape index (κ2) is 7.82. The number of carboxylic acid groups (broad SMARTS) is 1. The highest BCUT2D eigenvalue weighted by Crippen LogP contribution is 2.25. The van der Waals surface area contributed by atoms with Crippen LogP contribution in [0.3, 0.4) is 0 Å². The van der Waals surface area contributed by atoms with Gasteiger partial charge < -0.3 is 9.84 Å². The van der Waals surface area contributed by atoms with Crippen LogP contribution in [0.25, 0.3) is 0 Å². The van der Waals surface area contributed by atoms with Crippen molar-refractivity contribution < 1.29 is 23.1 Å². The first kappa shape index (κ1) is 18.3. The van der Waals surface area contributed by atoms with Crippen LogP contribution < -0.4 is 0 Å². The van der Waals surface area contributed by atoms with E-state index in [0.717, 1.165) is 45.7 Å². The van der Waals surface area contributed by atoms with E-state index >= 15 is 0 Å². The molecule has 25 heavy (non-hydrogen) atoms. The second-order valence-electron chi connectivity index (χ2n) is 6.59. The van der Waals surface area contributed by atoms with Crippen LogP contribution in [-0.4, -0.2) is 74.6 Å². The number of sulfonamides is 1. The van der Waals surface area contributed by atoms with Gasteiger partial charge in [-0.1, -0.05) is 6.07 Å². The summed E-state index contributed by atoms with van der Waals surface area (Å²) < 4.78 is 32.4. The van der Waals surface area contributed by atoms with E-state index in [0.29, 0.717) is 19.0 Å². The maximum Gasteiger partial charge on any atom is 0.335 e. The summed E-state index contributed by atoms with van der Waals surface area (Å²) >= 11 is 0. The van der Waals surface area contributed by atoms with E-state index in [4.69, 9.17) is 9.84 Å². The van der Waals surface area contributed by atoms with Crippen LogP contribution in [0.4, 0.5) is 0 Å². The summed E-state index contributed by atoms with van der Waals surface area (Å²) in [5.41, 5.74) is -0.0109. The zero-order chi connectivity index (χ0) is 17.9. The van der Waals surface area contributed by atoms with E-state index in [1.165, 1.54) is 28.6 Å². The molecule has 0 aliphatic carbocycles. The summed E-state index contributed by atoms with van der Waals surface area (Å²) in [6.45, 7) is 5.39. The van der Waals surface area contributed by atoms with Gasteiger partial charge in [0.05, 0.1) is 23.7 Å². The summed E-state index contributed by atoms with van der Waals surface area (Å²) in [6, 6.07) is 5.57. The van der Waals surface area contributed by atoms with Gasteiger partial charge in [0.15, 0.2) is 0 Å². The third-order valence-electron chi connectivity index (χ3n) is 4.91. The van der Waals surface area contributed by atoms with Crippen molar-refractivity contribution in [1.82, 2.24) is 9.21 Å². The van der Waals surface area contributed by atoms with Crippen molar-refractivity contribution in [2.45, 2.75) is 17.7 Å². The predicted octanol–water partition coefficient (Wildman–Crippen LogP) is 1.12. The van der Waals surface area contributed by atoms with Gasteiger partial charge >= 0.3 is 5.97 Å². The first-order chi connectivity index (χ1) is 12.0. The standard InChI is InChI=1S/C17H24N2O5S/c20-17(21)15-2-1-3-16(12-15)25(22,23)19-6-4-14(5-7-19)13-18-8-10-24-11-9-18/h1-3,12,14H,4-11,13H2,(H,20,21). The van der Waals surface area contributed by atoms with E-state index < -0.39 is 16.0 Å². The number of aromatic carboxylic acids is 1. The topological polar surface area (TPSA) is 87.1 Å². The molecule has 2 heterocycles. The minimum atomic E-state index is -3.64. The van der Waals surface area contributed by atoms with Gasteiger partial charge in [-0.05, 0) is 37.0 Å². The first-order valence-corrected chi connectivity index (χ1v) is 10.0. The summed E-state index contributed by atoms with van der Waals surface area (Å²) in [7, 11) is -3.64. The molecule has 0 spiro atoms. The molecule has 3 rings (SSSR count). The zero-order valence-corrected chi connectivity index (χ0v) is 15.0. The number of carbonyl (C=O) groups is 1. The molecule has 2 saturated heterocycles. The van der Waals surface area contributed by atoms with Crippen LogP contribution >= 0.6 is 0 Å². The Morgan fingerprint density at radius 3 is 2.48 bits per heavy atom. The van der Waals surface area contributed by atoms with Crippen LogP contribution in [-0.2, 0) is 14.8 Å². The van der Waals surface area contributed by atoms with Gasteiger partial charge in [-0.25, -0.2) is 13.2 Å². The third kappa shape index (κ3) is 4.38. The molecule has 0 atom stereocenters. The Bertz CT molecular complexity index is 708. The van der Waals surface area contributed by atoms with Gasteiger partial charge in [0.25, 0.3) is 0 Å². The molecule has 2 fully saturated rings. The van der Waals surface area contributed by atoms with E-state index in [-0.39, 0.29) is 10.5 Å². The van der Waals surface area contributed by atoms with Gasteiger partial charge in [0.1, 0.15) is 0 Å². The lowest BCUT2D eigenvalue weighted by molar-refractivity contribution is 0.0269. The van der Waals surface area contributed by atoms with Crippen LogP contribution in [0.5, 0.6) is 0 Å². The highest BCUT2D eigenvalue weighted by atomic mass is 32.2. The lowest BCUT2D eigenvalue weighted by atomic mass is 9.97. The fraction of sp³-hybridized carbons (Fsp3) is 0.588. The van der Waals surface area contributed by atoms with Gasteiger partial charge in [-0.2, -0.15) is 4.31 Å². The zero-order valence-electron chi connectivity index (χ0n) is 14.1. The van der Waals surface area contributed by atoms with Gasteiger partial charge in [0, 0.05) is 32.7 Å². The van der Waals surface area contributed by atoms with Crippen LogP contribution in [0, 0.1) is 5.92 Å². The van der Waals surface area contributed by atoms with Crippen molar-refractivity contribution in [3.05, 3.63) is 29.8 Å². The SMILES string of the molecule is O=C(O)c1cccc(S(=O)(=O)N2CCC(CN3CCOCC3)CC2)c1. The number of benzene rings is 1. The van der Waals surface area contributed by atoms with Crippen molar-refractivity contribution in [3.8, 4) is 0 Å².